The molecule has 0 atom stereocenters. The maximum atomic E-state index is 14.1. The Hall–Kier alpha value is -4.16. The summed E-state index contributed by atoms with van der Waals surface area (Å²) in [6, 6.07) is 6.03. The number of imide groups is 1. The number of pyridine rings is 1. The molecule has 2 amide bonds. The number of esters is 1. The van der Waals surface area contributed by atoms with E-state index < -0.39 is 46.8 Å². The van der Waals surface area contributed by atoms with Crippen LogP contribution in [0.1, 0.15) is 64.5 Å². The van der Waals surface area contributed by atoms with Gasteiger partial charge in [0.25, 0.3) is 0 Å². The Kier molecular flexibility index (Phi) is 7.95. The predicted octanol–water partition coefficient (Wildman–Crippen LogP) is 6.29. The maximum absolute atomic E-state index is 14.1. The van der Waals surface area contributed by atoms with Crippen molar-refractivity contribution in [3.05, 3.63) is 47.9 Å². The molecule has 0 saturated carbocycles. The van der Waals surface area contributed by atoms with Crippen molar-refractivity contribution in [2.45, 2.75) is 65.8 Å². The molecule has 3 aromatic rings. The maximum Gasteiger partial charge on any atom is 0.434 e. The Morgan fingerprint density at radius 2 is 1.44 bits per heavy atom. The zero-order valence-corrected chi connectivity index (χ0v) is 22.5. The molecule has 3 rings (SSSR count). The summed E-state index contributed by atoms with van der Waals surface area (Å²) in [7, 11) is 0. The van der Waals surface area contributed by atoms with Gasteiger partial charge in [-0.25, -0.2) is 24.0 Å². The van der Waals surface area contributed by atoms with Crippen LogP contribution in [0.15, 0.2) is 36.7 Å². The molecule has 210 valence electrons. The highest BCUT2D eigenvalue weighted by molar-refractivity contribution is 6.14. The molecule has 10 nitrogen and oxygen atoms in total. The van der Waals surface area contributed by atoms with Crippen LogP contribution in [0.3, 0.4) is 0 Å². The first-order valence-corrected chi connectivity index (χ1v) is 11.9. The molecular formula is C26H29F3N4O6. The van der Waals surface area contributed by atoms with Gasteiger partial charge in [-0.3, -0.25) is 0 Å². The highest BCUT2D eigenvalue weighted by atomic mass is 19.4. The van der Waals surface area contributed by atoms with Crippen molar-refractivity contribution in [1.82, 2.24) is 14.8 Å². The Bertz CT molecular complexity index is 1380. The van der Waals surface area contributed by atoms with Crippen molar-refractivity contribution in [2.24, 2.45) is 0 Å². The molecule has 0 N–H and O–H groups in total. The molecule has 0 saturated heterocycles. The number of hydrogen-bond donors (Lipinski definition) is 0. The van der Waals surface area contributed by atoms with Gasteiger partial charge >= 0.3 is 24.3 Å². The first-order valence-electron chi connectivity index (χ1n) is 11.9. The average Bonchev–Trinajstić information content (AvgIpc) is 3.23. The summed E-state index contributed by atoms with van der Waals surface area (Å²) < 4.78 is 58.5. The number of hydrogen-bond acceptors (Lipinski definition) is 8. The second kappa shape index (κ2) is 10.5. The summed E-state index contributed by atoms with van der Waals surface area (Å²) in [5, 5.41) is 4.07. The lowest BCUT2D eigenvalue weighted by Gasteiger charge is -2.28. The Morgan fingerprint density at radius 3 is 1.92 bits per heavy atom. The minimum Gasteiger partial charge on any atom is -0.462 e. The summed E-state index contributed by atoms with van der Waals surface area (Å²) in [5.41, 5.74) is -4.29. The smallest absolute Gasteiger partial charge is 0.434 e. The second-order valence-electron chi connectivity index (χ2n) is 10.3. The second-order valence-corrected chi connectivity index (χ2v) is 10.3. The van der Waals surface area contributed by atoms with E-state index in [-0.39, 0.29) is 28.9 Å². The normalized spacial score (nSPS) is 12.3. The van der Waals surface area contributed by atoms with Gasteiger partial charge in [-0.1, -0.05) is 24.3 Å². The van der Waals surface area contributed by atoms with Gasteiger partial charge in [-0.2, -0.15) is 23.2 Å². The minimum atomic E-state index is -4.99. The van der Waals surface area contributed by atoms with Crippen molar-refractivity contribution >= 4 is 34.7 Å². The number of aromatic nitrogens is 3. The van der Waals surface area contributed by atoms with Crippen molar-refractivity contribution < 1.29 is 41.8 Å². The number of carbonyl (C=O) groups is 3. The van der Waals surface area contributed by atoms with E-state index >= 15 is 0 Å². The van der Waals surface area contributed by atoms with Gasteiger partial charge in [0.1, 0.15) is 16.8 Å². The number of benzene rings is 1. The summed E-state index contributed by atoms with van der Waals surface area (Å²) in [6.45, 7) is 10.9. The number of alkyl halides is 3. The van der Waals surface area contributed by atoms with Gasteiger partial charge in [0, 0.05) is 10.8 Å². The Labute approximate surface area is 222 Å². The lowest BCUT2D eigenvalue weighted by atomic mass is 10.1. The predicted molar refractivity (Wildman–Crippen MR) is 135 cm³/mol. The van der Waals surface area contributed by atoms with Gasteiger partial charge in [0.05, 0.1) is 24.7 Å². The monoisotopic (exact) mass is 550 g/mol. The fourth-order valence-corrected chi connectivity index (χ4v) is 3.53. The molecule has 39 heavy (non-hydrogen) atoms. The molecule has 2 aromatic heterocycles. The third-order valence-electron chi connectivity index (χ3n) is 4.88. The minimum absolute atomic E-state index is 0.119. The first kappa shape index (κ1) is 29.4. The van der Waals surface area contributed by atoms with Crippen LogP contribution < -0.4 is 4.90 Å². The molecule has 0 aliphatic carbocycles. The number of nitrogens with zero attached hydrogens (tertiary/aromatic N) is 4. The molecule has 0 bridgehead atoms. The van der Waals surface area contributed by atoms with Gasteiger partial charge in [-0.05, 0) is 48.5 Å². The van der Waals surface area contributed by atoms with E-state index in [4.69, 9.17) is 14.2 Å². The van der Waals surface area contributed by atoms with Crippen LogP contribution in [0.25, 0.3) is 16.5 Å². The first-order chi connectivity index (χ1) is 17.9. The number of fused-ring (bicyclic) bond motifs is 1. The number of anilines is 1. The average molecular weight is 551 g/mol. The van der Waals surface area contributed by atoms with Crippen molar-refractivity contribution in [3.63, 3.8) is 0 Å². The van der Waals surface area contributed by atoms with Crippen LogP contribution in [-0.2, 0) is 20.4 Å². The van der Waals surface area contributed by atoms with Gasteiger partial charge in [0.15, 0.2) is 11.5 Å². The molecule has 0 unspecified atom stereocenters. The summed E-state index contributed by atoms with van der Waals surface area (Å²) in [4.78, 5) is 43.3. The summed E-state index contributed by atoms with van der Waals surface area (Å²) >= 11 is 0. The molecule has 0 fully saturated rings. The quantitative estimate of drug-likeness (QED) is 0.275. The largest absolute Gasteiger partial charge is 0.462 e. The van der Waals surface area contributed by atoms with E-state index in [9.17, 15) is 27.6 Å². The van der Waals surface area contributed by atoms with Crippen LogP contribution in [-0.4, -0.2) is 50.7 Å². The molecule has 0 aliphatic heterocycles. The lowest BCUT2D eigenvalue weighted by Crippen LogP contribution is -2.44. The number of halogens is 3. The number of rotatable bonds is 4. The van der Waals surface area contributed by atoms with Crippen LogP contribution in [0, 0.1) is 0 Å². The van der Waals surface area contributed by atoms with E-state index in [2.05, 4.69) is 10.1 Å². The van der Waals surface area contributed by atoms with Crippen molar-refractivity contribution in [3.8, 4) is 5.69 Å². The highest BCUT2D eigenvalue weighted by Crippen LogP contribution is 2.37. The van der Waals surface area contributed by atoms with Gasteiger partial charge in [-0.15, -0.1) is 0 Å². The molecule has 0 aliphatic rings. The van der Waals surface area contributed by atoms with E-state index in [1.807, 2.05) is 0 Å². The Balaban J connectivity index is 2.28. The lowest BCUT2D eigenvalue weighted by molar-refractivity contribution is -0.143. The van der Waals surface area contributed by atoms with E-state index in [1.54, 1.807) is 53.7 Å². The van der Waals surface area contributed by atoms with E-state index in [1.165, 1.54) is 19.1 Å². The third-order valence-corrected chi connectivity index (χ3v) is 4.88. The summed E-state index contributed by atoms with van der Waals surface area (Å²) in [5.74, 6) is -1.42. The van der Waals surface area contributed by atoms with Crippen molar-refractivity contribution in [1.29, 1.82) is 0 Å². The zero-order chi connectivity index (χ0) is 29.3. The summed E-state index contributed by atoms with van der Waals surface area (Å²) in [6.07, 6.45) is -5.41. The van der Waals surface area contributed by atoms with Crippen LogP contribution in [0.2, 0.25) is 0 Å². The fraction of sp³-hybridized carbons (Fsp3) is 0.423. The molecule has 13 heteroatoms. The van der Waals surface area contributed by atoms with Gasteiger partial charge < -0.3 is 14.2 Å². The van der Waals surface area contributed by atoms with E-state index in [0.29, 0.717) is 9.58 Å². The van der Waals surface area contributed by atoms with Gasteiger partial charge in [0.2, 0.25) is 0 Å². The van der Waals surface area contributed by atoms with E-state index in [0.717, 1.165) is 12.4 Å². The SMILES string of the molecule is CCOC(=O)c1cnn(-c2cnc(N(C(=O)OC(C)(C)C)C(=O)OC(C)(C)C)c3ccccc23)c1C(F)(F)F. The van der Waals surface area contributed by atoms with Crippen LogP contribution >= 0.6 is 0 Å². The highest BCUT2D eigenvalue weighted by Gasteiger charge is 2.42. The van der Waals surface area contributed by atoms with Crippen molar-refractivity contribution in [2.75, 3.05) is 11.5 Å². The number of amides is 2. The standard InChI is InChI=1S/C26H29F3N4O6/c1-8-37-21(34)17-13-31-33(19(17)26(27,28)29)18-14-30-20(16-12-10-9-11-15(16)18)32(22(35)38-24(2,3)4)23(36)39-25(5,6)7/h9-14H,8H2,1-7H3. The third kappa shape index (κ3) is 6.65. The number of carbonyl (C=O) groups excluding carboxylic acids is 3. The zero-order valence-electron chi connectivity index (χ0n) is 22.5. The molecular weight excluding hydrogens is 521 g/mol. The molecule has 0 spiro atoms. The topological polar surface area (TPSA) is 113 Å². The molecule has 1 aromatic carbocycles. The fourth-order valence-electron chi connectivity index (χ4n) is 3.53. The Morgan fingerprint density at radius 1 is 0.897 bits per heavy atom. The van der Waals surface area contributed by atoms with Crippen LogP contribution in [0.4, 0.5) is 28.6 Å². The molecule has 0 radical (unpaired) electrons. The van der Waals surface area contributed by atoms with Crippen LogP contribution in [0.5, 0.6) is 0 Å². The number of ether oxygens (including phenoxy) is 3. The molecule has 2 heterocycles.